The van der Waals surface area contributed by atoms with Gasteiger partial charge in [0, 0.05) is 39.1 Å². The molecule has 332 valence electrons. The Kier molecular flexibility index (Phi) is 38.3. The minimum absolute atomic E-state index is 0.0298. The van der Waals surface area contributed by atoms with Gasteiger partial charge in [0.2, 0.25) is 5.91 Å². The van der Waals surface area contributed by atoms with Crippen LogP contribution in [-0.4, -0.2) is 99.1 Å². The predicted molar refractivity (Wildman–Crippen MR) is 243 cm³/mol. The van der Waals surface area contributed by atoms with Gasteiger partial charge in [0.25, 0.3) is 0 Å². The number of amides is 1. The summed E-state index contributed by atoms with van der Waals surface area (Å²) in [6.45, 7) is 11.3. The summed E-state index contributed by atoms with van der Waals surface area (Å²) in [6.07, 6.45) is 44.4. The molecule has 0 aromatic heterocycles. The summed E-state index contributed by atoms with van der Waals surface area (Å²) in [5, 5.41) is 3.22. The van der Waals surface area contributed by atoms with Gasteiger partial charge in [-0.1, -0.05) is 206 Å². The highest BCUT2D eigenvalue weighted by atomic mass is 16.5. The summed E-state index contributed by atoms with van der Waals surface area (Å²) in [7, 11) is 4.26. The van der Waals surface area contributed by atoms with Crippen LogP contribution in [0, 0.1) is 0 Å². The molecule has 0 aliphatic carbocycles. The molecule has 1 heterocycles. The first kappa shape index (κ1) is 52.8. The minimum atomic E-state index is -0.394. The van der Waals surface area contributed by atoms with Gasteiger partial charge in [-0.3, -0.25) is 14.5 Å². The molecule has 0 bridgehead atoms. The van der Waals surface area contributed by atoms with Crippen molar-refractivity contribution >= 4 is 11.9 Å². The Morgan fingerprint density at radius 1 is 0.518 bits per heavy atom. The Hall–Kier alpha value is -1.18. The average molecular weight is 791 g/mol. The van der Waals surface area contributed by atoms with Crippen molar-refractivity contribution in [3.63, 3.8) is 0 Å². The van der Waals surface area contributed by atoms with E-state index in [9.17, 15) is 9.59 Å². The van der Waals surface area contributed by atoms with Gasteiger partial charge in [0.1, 0.15) is 12.6 Å². The van der Waals surface area contributed by atoms with Gasteiger partial charge < -0.3 is 19.9 Å². The van der Waals surface area contributed by atoms with E-state index in [-0.39, 0.29) is 18.5 Å². The zero-order valence-electron chi connectivity index (χ0n) is 38.3. The molecule has 0 radical (unpaired) electrons. The second kappa shape index (κ2) is 40.6. The van der Waals surface area contributed by atoms with Gasteiger partial charge in [-0.05, 0) is 46.4 Å². The number of nitrogens with one attached hydrogen (secondary N) is 1. The molecule has 1 rings (SSSR count). The first-order valence-corrected chi connectivity index (χ1v) is 25.0. The molecule has 7 nitrogen and oxygen atoms in total. The molecule has 1 N–H and O–H groups in total. The topological polar surface area (TPSA) is 65.1 Å². The van der Waals surface area contributed by atoms with Crippen molar-refractivity contribution in [2.24, 2.45) is 0 Å². The first-order chi connectivity index (χ1) is 27.5. The number of esters is 1. The second-order valence-corrected chi connectivity index (χ2v) is 17.9. The minimum Gasteiger partial charge on any atom is -0.463 e. The molecule has 1 saturated heterocycles. The highest BCUT2D eigenvalue weighted by molar-refractivity contribution is 5.82. The number of nitrogens with zero attached hydrogens (tertiary/aromatic N) is 3. The Labute approximate surface area is 350 Å². The van der Waals surface area contributed by atoms with Crippen molar-refractivity contribution in [2.45, 2.75) is 238 Å². The lowest BCUT2D eigenvalue weighted by Crippen LogP contribution is -2.56. The highest BCUT2D eigenvalue weighted by Gasteiger charge is 2.30. The second-order valence-electron chi connectivity index (χ2n) is 17.9. The van der Waals surface area contributed by atoms with Crippen molar-refractivity contribution in [2.75, 3.05) is 66.5 Å². The van der Waals surface area contributed by atoms with E-state index in [4.69, 9.17) is 4.74 Å². The Morgan fingerprint density at radius 3 is 1.29 bits per heavy atom. The van der Waals surface area contributed by atoms with Gasteiger partial charge in [0.15, 0.2) is 0 Å². The maximum atomic E-state index is 13.5. The number of hydrogen-bond acceptors (Lipinski definition) is 6. The number of ether oxygens (including phenoxy) is 1. The molecule has 0 spiro atoms. The molecule has 1 fully saturated rings. The number of rotatable bonds is 42. The van der Waals surface area contributed by atoms with Crippen molar-refractivity contribution in [1.82, 2.24) is 20.0 Å². The molecule has 1 atom stereocenters. The summed E-state index contributed by atoms with van der Waals surface area (Å²) < 4.78 is 5.80. The van der Waals surface area contributed by atoms with Crippen molar-refractivity contribution < 1.29 is 14.3 Å². The molecule has 0 saturated carbocycles. The Bertz CT molecular complexity index is 847. The molecule has 0 aromatic rings. The molecule has 1 unspecified atom stereocenters. The molecular weight excluding hydrogens is 693 g/mol. The lowest BCUT2D eigenvalue weighted by molar-refractivity contribution is -0.147. The van der Waals surface area contributed by atoms with Crippen LogP contribution in [0.15, 0.2) is 0 Å². The summed E-state index contributed by atoms with van der Waals surface area (Å²) in [5.74, 6) is -0.115. The fourth-order valence-electron chi connectivity index (χ4n) is 8.32. The fourth-order valence-corrected chi connectivity index (χ4v) is 8.32. The lowest BCUT2D eigenvalue weighted by atomic mass is 10.0. The first-order valence-electron chi connectivity index (χ1n) is 25.0. The number of carbonyl (C=O) groups is 2. The summed E-state index contributed by atoms with van der Waals surface area (Å²) in [6, 6.07) is -0.394. The van der Waals surface area contributed by atoms with Crippen LogP contribution in [0.25, 0.3) is 0 Å². The SMILES string of the molecule is CCCCCCCCCCCCCCCCCCNC(=O)C(COC(=O)CCCCCCCCCCCCCCCCCC)N1CCN(CCCN(C)C)CC1. The quantitative estimate of drug-likeness (QED) is 0.0491. The molecule has 1 aliphatic heterocycles. The normalized spacial score (nSPS) is 14.4. The number of unbranched alkanes of at least 4 members (excludes halogenated alkanes) is 30. The third kappa shape index (κ3) is 33.8. The van der Waals surface area contributed by atoms with E-state index in [1.165, 1.54) is 186 Å². The monoisotopic (exact) mass is 791 g/mol. The largest absolute Gasteiger partial charge is 0.463 e. The van der Waals surface area contributed by atoms with Crippen LogP contribution in [0.3, 0.4) is 0 Å². The van der Waals surface area contributed by atoms with E-state index in [0.29, 0.717) is 13.0 Å². The molecule has 1 amide bonds. The smallest absolute Gasteiger partial charge is 0.305 e. The summed E-state index contributed by atoms with van der Waals surface area (Å²) in [5.41, 5.74) is 0. The average Bonchev–Trinajstić information content (AvgIpc) is 3.19. The van der Waals surface area contributed by atoms with Crippen LogP contribution in [0.4, 0.5) is 0 Å². The summed E-state index contributed by atoms with van der Waals surface area (Å²) >= 11 is 0. The maximum Gasteiger partial charge on any atom is 0.305 e. The third-order valence-corrected chi connectivity index (χ3v) is 12.2. The van der Waals surface area contributed by atoms with E-state index in [0.717, 1.165) is 65.0 Å². The molecule has 7 heteroatoms. The van der Waals surface area contributed by atoms with Gasteiger partial charge in [0.05, 0.1) is 0 Å². The highest BCUT2D eigenvalue weighted by Crippen LogP contribution is 2.16. The van der Waals surface area contributed by atoms with Crippen molar-refractivity contribution in [1.29, 1.82) is 0 Å². The van der Waals surface area contributed by atoms with Crippen LogP contribution < -0.4 is 5.32 Å². The zero-order chi connectivity index (χ0) is 40.6. The fraction of sp³-hybridized carbons (Fsp3) is 0.959. The maximum absolute atomic E-state index is 13.5. The molecular formula is C49H98N4O3. The van der Waals surface area contributed by atoms with E-state index in [2.05, 4.69) is 48.0 Å². The number of carbonyl (C=O) groups excluding carboxylic acids is 2. The Balaban J connectivity index is 2.22. The van der Waals surface area contributed by atoms with Gasteiger partial charge in [-0.15, -0.1) is 0 Å². The molecule has 1 aliphatic rings. The molecule has 0 aromatic carbocycles. The van der Waals surface area contributed by atoms with Gasteiger partial charge in [-0.2, -0.15) is 0 Å². The predicted octanol–water partition coefficient (Wildman–Crippen LogP) is 12.5. The third-order valence-electron chi connectivity index (χ3n) is 12.2. The van der Waals surface area contributed by atoms with Crippen LogP contribution in [0.1, 0.15) is 232 Å². The van der Waals surface area contributed by atoms with Crippen molar-refractivity contribution in [3.8, 4) is 0 Å². The Morgan fingerprint density at radius 2 is 0.893 bits per heavy atom. The van der Waals surface area contributed by atoms with Crippen LogP contribution >= 0.6 is 0 Å². The van der Waals surface area contributed by atoms with Crippen LogP contribution in [0.2, 0.25) is 0 Å². The zero-order valence-corrected chi connectivity index (χ0v) is 38.3. The van der Waals surface area contributed by atoms with E-state index in [1.807, 2.05) is 0 Å². The van der Waals surface area contributed by atoms with Gasteiger partial charge in [-0.25, -0.2) is 0 Å². The van der Waals surface area contributed by atoms with E-state index >= 15 is 0 Å². The summed E-state index contributed by atoms with van der Waals surface area (Å²) in [4.78, 5) is 33.3. The van der Waals surface area contributed by atoms with Gasteiger partial charge >= 0.3 is 5.97 Å². The van der Waals surface area contributed by atoms with E-state index in [1.54, 1.807) is 0 Å². The van der Waals surface area contributed by atoms with Crippen LogP contribution in [0.5, 0.6) is 0 Å². The van der Waals surface area contributed by atoms with Crippen LogP contribution in [-0.2, 0) is 14.3 Å². The number of piperazine rings is 1. The number of hydrogen-bond donors (Lipinski definition) is 1. The standard InChI is InChI=1S/C49H98N4O3/c1-5-7-9-11-13-15-17-19-21-23-25-27-29-31-33-35-38-48(54)56-46-47(53-44-42-52(43-45-53)41-37-40-51(3)4)49(55)50-39-36-34-32-30-28-26-24-22-20-18-16-14-12-10-8-6-2/h47H,5-46H2,1-4H3,(H,50,55). The van der Waals surface area contributed by atoms with E-state index < -0.39 is 6.04 Å². The molecule has 56 heavy (non-hydrogen) atoms. The van der Waals surface area contributed by atoms with Crippen molar-refractivity contribution in [3.05, 3.63) is 0 Å². The lowest BCUT2D eigenvalue weighted by Gasteiger charge is -2.38.